The molecule has 2 aromatic rings. The molecule has 1 N–H and O–H groups in total. The van der Waals surface area contributed by atoms with E-state index in [-0.39, 0.29) is 5.92 Å². The van der Waals surface area contributed by atoms with Gasteiger partial charge in [-0.15, -0.1) is 11.3 Å². The summed E-state index contributed by atoms with van der Waals surface area (Å²) in [6.07, 6.45) is 8.07. The SMILES string of the molecule is O=C(C1CCCN(c2ncnc3sccc23)C1)N1CCCC(NC2CCOCC2)C1. The molecule has 2 atom stereocenters. The molecule has 0 aromatic carbocycles. The predicted molar refractivity (Wildman–Crippen MR) is 119 cm³/mol. The van der Waals surface area contributed by atoms with Crippen molar-refractivity contribution in [2.75, 3.05) is 44.3 Å². The number of thiophene rings is 1. The van der Waals surface area contributed by atoms with Crippen LogP contribution in [-0.2, 0) is 9.53 Å². The van der Waals surface area contributed by atoms with Gasteiger partial charge in [0.1, 0.15) is 17.0 Å². The number of likely N-dealkylation sites (tertiary alicyclic amines) is 1. The number of fused-ring (bicyclic) bond motifs is 1. The number of hydrogen-bond acceptors (Lipinski definition) is 7. The highest BCUT2D eigenvalue weighted by Gasteiger charge is 2.33. The van der Waals surface area contributed by atoms with Gasteiger partial charge < -0.3 is 19.9 Å². The van der Waals surface area contributed by atoms with Gasteiger partial charge in [0, 0.05) is 51.5 Å². The summed E-state index contributed by atoms with van der Waals surface area (Å²) >= 11 is 1.64. The molecule has 1 amide bonds. The molecule has 0 bridgehead atoms. The average molecular weight is 430 g/mol. The second kappa shape index (κ2) is 9.16. The number of nitrogens with zero attached hydrogens (tertiary/aromatic N) is 4. The first-order valence-electron chi connectivity index (χ1n) is 11.3. The maximum atomic E-state index is 13.4. The minimum absolute atomic E-state index is 0.0595. The van der Waals surface area contributed by atoms with E-state index in [9.17, 15) is 4.79 Å². The van der Waals surface area contributed by atoms with Gasteiger partial charge in [-0.2, -0.15) is 0 Å². The third-order valence-corrected chi connectivity index (χ3v) is 7.56. The molecule has 162 valence electrons. The standard InChI is InChI=1S/C22H31N5O2S/c28-22(27-9-2-4-18(14-27)25-17-5-10-29-11-6-17)16-3-1-8-26(13-16)20-19-7-12-30-21(19)24-15-23-20/h7,12,15-18,25H,1-6,8-11,13-14H2. The first-order valence-corrected chi connectivity index (χ1v) is 12.2. The smallest absolute Gasteiger partial charge is 0.227 e. The van der Waals surface area contributed by atoms with Crippen molar-refractivity contribution in [1.29, 1.82) is 0 Å². The third kappa shape index (κ3) is 4.31. The third-order valence-electron chi connectivity index (χ3n) is 6.74. The normalized spacial score (nSPS) is 26.3. The van der Waals surface area contributed by atoms with Gasteiger partial charge in [0.15, 0.2) is 0 Å². The zero-order chi connectivity index (χ0) is 20.3. The molecule has 3 saturated heterocycles. The van der Waals surface area contributed by atoms with E-state index in [0.29, 0.717) is 18.0 Å². The van der Waals surface area contributed by atoms with E-state index in [1.165, 1.54) is 0 Å². The first kappa shape index (κ1) is 20.2. The van der Waals surface area contributed by atoms with E-state index in [2.05, 4.69) is 36.5 Å². The largest absolute Gasteiger partial charge is 0.381 e. The number of amides is 1. The van der Waals surface area contributed by atoms with Crippen molar-refractivity contribution >= 4 is 33.3 Å². The molecule has 5 heterocycles. The summed E-state index contributed by atoms with van der Waals surface area (Å²) in [6.45, 7) is 5.16. The minimum atomic E-state index is 0.0595. The Bertz CT molecular complexity index is 868. The summed E-state index contributed by atoms with van der Waals surface area (Å²) in [7, 11) is 0. The minimum Gasteiger partial charge on any atom is -0.381 e. The predicted octanol–water partition coefficient (Wildman–Crippen LogP) is 2.67. The number of ether oxygens (including phenoxy) is 1. The van der Waals surface area contributed by atoms with Crippen LogP contribution in [0.1, 0.15) is 38.5 Å². The van der Waals surface area contributed by atoms with Crippen LogP contribution in [0, 0.1) is 5.92 Å². The van der Waals surface area contributed by atoms with Crippen molar-refractivity contribution in [2.24, 2.45) is 5.92 Å². The topological polar surface area (TPSA) is 70.6 Å². The van der Waals surface area contributed by atoms with E-state index in [0.717, 1.165) is 94.0 Å². The first-order chi connectivity index (χ1) is 14.8. The summed E-state index contributed by atoms with van der Waals surface area (Å²) in [5.41, 5.74) is 0. The molecule has 0 saturated carbocycles. The van der Waals surface area contributed by atoms with Crippen molar-refractivity contribution in [3.05, 3.63) is 17.8 Å². The fraction of sp³-hybridized carbons (Fsp3) is 0.682. The molecule has 7 nitrogen and oxygen atoms in total. The van der Waals surface area contributed by atoms with Crippen LogP contribution in [0.25, 0.3) is 10.2 Å². The van der Waals surface area contributed by atoms with Crippen molar-refractivity contribution in [1.82, 2.24) is 20.2 Å². The Morgan fingerprint density at radius 1 is 1.07 bits per heavy atom. The second-order valence-corrected chi connectivity index (χ2v) is 9.69. The molecule has 30 heavy (non-hydrogen) atoms. The summed E-state index contributed by atoms with van der Waals surface area (Å²) in [5, 5.41) is 6.97. The van der Waals surface area contributed by atoms with Crippen molar-refractivity contribution < 1.29 is 9.53 Å². The molecule has 2 unspecified atom stereocenters. The van der Waals surface area contributed by atoms with Gasteiger partial charge in [-0.25, -0.2) is 9.97 Å². The maximum absolute atomic E-state index is 13.4. The lowest BCUT2D eigenvalue weighted by Crippen LogP contribution is -2.54. The number of anilines is 1. The summed E-state index contributed by atoms with van der Waals surface area (Å²) in [6, 6.07) is 3.05. The number of piperidine rings is 2. The molecule has 3 fully saturated rings. The van der Waals surface area contributed by atoms with Crippen LogP contribution in [0.15, 0.2) is 17.8 Å². The van der Waals surface area contributed by atoms with Crippen LogP contribution in [0.2, 0.25) is 0 Å². The lowest BCUT2D eigenvalue weighted by atomic mass is 9.94. The number of nitrogens with one attached hydrogen (secondary N) is 1. The van der Waals surface area contributed by atoms with Gasteiger partial charge in [-0.1, -0.05) is 0 Å². The summed E-state index contributed by atoms with van der Waals surface area (Å²) in [4.78, 5) is 27.8. The monoisotopic (exact) mass is 429 g/mol. The van der Waals surface area contributed by atoms with Crippen LogP contribution in [0.4, 0.5) is 5.82 Å². The zero-order valence-electron chi connectivity index (χ0n) is 17.5. The lowest BCUT2D eigenvalue weighted by Gasteiger charge is -2.40. The van der Waals surface area contributed by atoms with Gasteiger partial charge in [-0.3, -0.25) is 4.79 Å². The Kier molecular flexibility index (Phi) is 6.15. The molecule has 0 radical (unpaired) electrons. The van der Waals surface area contributed by atoms with E-state index >= 15 is 0 Å². The van der Waals surface area contributed by atoms with Crippen molar-refractivity contribution in [3.63, 3.8) is 0 Å². The highest BCUT2D eigenvalue weighted by atomic mass is 32.1. The van der Waals surface area contributed by atoms with Crippen LogP contribution < -0.4 is 10.2 Å². The molecule has 2 aromatic heterocycles. The lowest BCUT2D eigenvalue weighted by molar-refractivity contribution is -0.137. The summed E-state index contributed by atoms with van der Waals surface area (Å²) in [5.74, 6) is 1.37. The van der Waals surface area contributed by atoms with Gasteiger partial charge in [-0.05, 0) is 50.0 Å². The van der Waals surface area contributed by atoms with Crippen LogP contribution in [-0.4, -0.2) is 72.3 Å². The van der Waals surface area contributed by atoms with E-state index in [1.807, 2.05) is 0 Å². The number of carbonyl (C=O) groups excluding carboxylic acids is 1. The molecular formula is C22H31N5O2S. The number of rotatable bonds is 4. The molecule has 3 aliphatic heterocycles. The quantitative estimate of drug-likeness (QED) is 0.806. The van der Waals surface area contributed by atoms with Crippen molar-refractivity contribution in [2.45, 2.75) is 50.6 Å². The summed E-state index contributed by atoms with van der Waals surface area (Å²) < 4.78 is 5.48. The highest BCUT2D eigenvalue weighted by Crippen LogP contribution is 2.30. The van der Waals surface area contributed by atoms with Gasteiger partial charge in [0.2, 0.25) is 5.91 Å². The van der Waals surface area contributed by atoms with Gasteiger partial charge in [0.25, 0.3) is 0 Å². The van der Waals surface area contributed by atoms with Gasteiger partial charge >= 0.3 is 0 Å². The molecular weight excluding hydrogens is 398 g/mol. The average Bonchev–Trinajstić information content (AvgIpc) is 3.29. The fourth-order valence-electron chi connectivity index (χ4n) is 5.17. The maximum Gasteiger partial charge on any atom is 0.227 e. The number of hydrogen-bond donors (Lipinski definition) is 1. The fourth-order valence-corrected chi connectivity index (χ4v) is 5.90. The Balaban J connectivity index is 1.22. The molecule has 0 aliphatic carbocycles. The van der Waals surface area contributed by atoms with E-state index < -0.39 is 0 Å². The second-order valence-electron chi connectivity index (χ2n) is 8.80. The Morgan fingerprint density at radius 2 is 1.93 bits per heavy atom. The number of aromatic nitrogens is 2. The Morgan fingerprint density at radius 3 is 2.83 bits per heavy atom. The van der Waals surface area contributed by atoms with Crippen molar-refractivity contribution in [3.8, 4) is 0 Å². The van der Waals surface area contributed by atoms with Crippen LogP contribution >= 0.6 is 11.3 Å². The Labute approximate surface area is 181 Å². The number of carbonyl (C=O) groups is 1. The van der Waals surface area contributed by atoms with Gasteiger partial charge in [0.05, 0.1) is 11.3 Å². The highest BCUT2D eigenvalue weighted by molar-refractivity contribution is 7.16. The molecule has 3 aliphatic rings. The molecule has 5 rings (SSSR count). The molecule has 0 spiro atoms. The van der Waals surface area contributed by atoms with E-state index in [4.69, 9.17) is 4.74 Å². The zero-order valence-corrected chi connectivity index (χ0v) is 18.3. The van der Waals surface area contributed by atoms with Crippen LogP contribution in [0.5, 0.6) is 0 Å². The van der Waals surface area contributed by atoms with Crippen LogP contribution in [0.3, 0.4) is 0 Å². The van der Waals surface area contributed by atoms with E-state index in [1.54, 1.807) is 17.7 Å². The molecule has 8 heteroatoms. The Hall–Kier alpha value is -1.77.